The molecule has 1 aliphatic heterocycles. The molecular weight excluding hydrogens is 279 g/mol. The van der Waals surface area contributed by atoms with Crippen molar-refractivity contribution in [2.75, 3.05) is 19.0 Å². The number of halogens is 1. The minimum absolute atomic E-state index is 0.0150. The van der Waals surface area contributed by atoms with Crippen LogP contribution >= 0.6 is 0 Å². The maximum atomic E-state index is 13.3. The van der Waals surface area contributed by atoms with Crippen LogP contribution in [0.4, 0.5) is 14.9 Å². The van der Waals surface area contributed by atoms with E-state index in [-0.39, 0.29) is 5.75 Å². The second-order valence-corrected chi connectivity index (χ2v) is 4.82. The third-order valence-corrected chi connectivity index (χ3v) is 3.45. The number of piperidine rings is 1. The average Bonchev–Trinajstić information content (AvgIpc) is 2.49. The van der Waals surface area contributed by atoms with Gasteiger partial charge >= 0.3 is 12.0 Å². The summed E-state index contributed by atoms with van der Waals surface area (Å²) in [4.78, 5) is 24.7. The normalized spacial score (nSPS) is 18.2. The van der Waals surface area contributed by atoms with Crippen molar-refractivity contribution in [3.63, 3.8) is 0 Å². The van der Waals surface area contributed by atoms with E-state index >= 15 is 0 Å². The van der Waals surface area contributed by atoms with Crippen LogP contribution in [-0.4, -0.2) is 41.7 Å². The molecule has 2 rings (SSSR count). The number of amides is 2. The third kappa shape index (κ3) is 3.42. The van der Waals surface area contributed by atoms with Gasteiger partial charge in [-0.15, -0.1) is 0 Å². The van der Waals surface area contributed by atoms with Crippen molar-refractivity contribution in [3.8, 4) is 5.75 Å². The van der Waals surface area contributed by atoms with Gasteiger partial charge in [-0.25, -0.2) is 14.0 Å². The highest BCUT2D eigenvalue weighted by atomic mass is 19.1. The summed E-state index contributed by atoms with van der Waals surface area (Å²) < 4.78 is 18.1. The van der Waals surface area contributed by atoms with Gasteiger partial charge < -0.3 is 20.1 Å². The predicted molar refractivity (Wildman–Crippen MR) is 74.0 cm³/mol. The molecule has 114 valence electrons. The summed E-state index contributed by atoms with van der Waals surface area (Å²) in [5.74, 6) is -1.53. The number of hydrogen-bond donors (Lipinski definition) is 2. The number of methoxy groups -OCH3 is 1. The maximum Gasteiger partial charge on any atom is 0.326 e. The van der Waals surface area contributed by atoms with Gasteiger partial charge in [0.2, 0.25) is 0 Å². The number of anilines is 1. The monoisotopic (exact) mass is 296 g/mol. The van der Waals surface area contributed by atoms with Gasteiger partial charge in [0.1, 0.15) is 6.04 Å². The lowest BCUT2D eigenvalue weighted by atomic mass is 10.0. The van der Waals surface area contributed by atoms with Crippen LogP contribution in [0.5, 0.6) is 5.75 Å². The van der Waals surface area contributed by atoms with Crippen LogP contribution in [0, 0.1) is 5.82 Å². The lowest BCUT2D eigenvalue weighted by molar-refractivity contribution is -0.143. The van der Waals surface area contributed by atoms with Gasteiger partial charge in [-0.2, -0.15) is 0 Å². The van der Waals surface area contributed by atoms with E-state index in [1.165, 1.54) is 30.2 Å². The zero-order chi connectivity index (χ0) is 15.4. The van der Waals surface area contributed by atoms with E-state index in [4.69, 9.17) is 9.84 Å². The number of hydrogen-bond acceptors (Lipinski definition) is 3. The Morgan fingerprint density at radius 3 is 2.86 bits per heavy atom. The fourth-order valence-corrected chi connectivity index (χ4v) is 2.36. The number of carboxylic acid groups (broad SMARTS) is 1. The Balaban J connectivity index is 2.11. The molecule has 0 bridgehead atoms. The standard InChI is InChI=1S/C14H17FN2O4/c1-21-12-8-9(5-6-10(12)15)16-14(20)17-7-3-2-4-11(17)13(18)19/h5-6,8,11H,2-4,7H2,1H3,(H,16,20)(H,18,19). The molecule has 1 aromatic rings. The van der Waals surface area contributed by atoms with Crippen LogP contribution in [0.2, 0.25) is 0 Å². The van der Waals surface area contributed by atoms with Gasteiger partial charge in [0, 0.05) is 18.3 Å². The Morgan fingerprint density at radius 1 is 1.43 bits per heavy atom. The van der Waals surface area contributed by atoms with Crippen molar-refractivity contribution in [2.24, 2.45) is 0 Å². The highest BCUT2D eigenvalue weighted by molar-refractivity contribution is 5.92. The number of rotatable bonds is 3. The van der Waals surface area contributed by atoms with Gasteiger partial charge in [0.25, 0.3) is 0 Å². The summed E-state index contributed by atoms with van der Waals surface area (Å²) in [6, 6.07) is 2.61. The van der Waals surface area contributed by atoms with Gasteiger partial charge in [-0.3, -0.25) is 0 Å². The Hall–Kier alpha value is -2.31. The molecule has 1 aromatic carbocycles. The number of nitrogens with one attached hydrogen (secondary N) is 1. The lowest BCUT2D eigenvalue weighted by Crippen LogP contribution is -2.49. The smallest absolute Gasteiger partial charge is 0.326 e. The van der Waals surface area contributed by atoms with E-state index in [0.29, 0.717) is 18.7 Å². The molecule has 1 saturated heterocycles. The first-order valence-corrected chi connectivity index (χ1v) is 6.67. The van der Waals surface area contributed by atoms with Gasteiger partial charge in [-0.05, 0) is 31.4 Å². The van der Waals surface area contributed by atoms with E-state index < -0.39 is 23.9 Å². The van der Waals surface area contributed by atoms with Crippen LogP contribution in [0.15, 0.2) is 18.2 Å². The molecule has 1 aliphatic rings. The molecule has 0 spiro atoms. The van der Waals surface area contributed by atoms with E-state index in [2.05, 4.69) is 5.32 Å². The first kappa shape index (κ1) is 15.1. The fourth-order valence-electron chi connectivity index (χ4n) is 2.36. The van der Waals surface area contributed by atoms with Crippen molar-refractivity contribution in [3.05, 3.63) is 24.0 Å². The van der Waals surface area contributed by atoms with Crippen LogP contribution in [0.1, 0.15) is 19.3 Å². The zero-order valence-corrected chi connectivity index (χ0v) is 11.6. The van der Waals surface area contributed by atoms with Crippen LogP contribution in [0.3, 0.4) is 0 Å². The summed E-state index contributed by atoms with van der Waals surface area (Å²) >= 11 is 0. The van der Waals surface area contributed by atoms with Crippen molar-refractivity contribution in [2.45, 2.75) is 25.3 Å². The number of nitrogens with zero attached hydrogens (tertiary/aromatic N) is 1. The number of likely N-dealkylation sites (tertiary alicyclic amines) is 1. The summed E-state index contributed by atoms with van der Waals surface area (Å²) in [6.07, 6.45) is 1.99. The Labute approximate surface area is 121 Å². The maximum absolute atomic E-state index is 13.3. The van der Waals surface area contributed by atoms with E-state index in [0.717, 1.165) is 12.8 Å². The summed E-state index contributed by atoms with van der Waals surface area (Å²) in [7, 11) is 1.33. The summed E-state index contributed by atoms with van der Waals surface area (Å²) in [5.41, 5.74) is 0.355. The average molecular weight is 296 g/mol. The molecule has 1 heterocycles. The van der Waals surface area contributed by atoms with Crippen molar-refractivity contribution < 1.29 is 23.8 Å². The zero-order valence-electron chi connectivity index (χ0n) is 11.6. The molecule has 0 radical (unpaired) electrons. The van der Waals surface area contributed by atoms with Crippen LogP contribution in [-0.2, 0) is 4.79 Å². The highest BCUT2D eigenvalue weighted by Gasteiger charge is 2.32. The molecule has 7 heteroatoms. The molecule has 0 aliphatic carbocycles. The SMILES string of the molecule is COc1cc(NC(=O)N2CCCCC2C(=O)O)ccc1F. The second-order valence-electron chi connectivity index (χ2n) is 4.82. The summed E-state index contributed by atoms with van der Waals surface area (Å²) in [5, 5.41) is 11.7. The lowest BCUT2D eigenvalue weighted by Gasteiger charge is -2.32. The molecule has 6 nitrogen and oxygen atoms in total. The number of benzene rings is 1. The Kier molecular flexibility index (Phi) is 4.62. The molecule has 0 saturated carbocycles. The number of ether oxygens (including phenoxy) is 1. The van der Waals surface area contributed by atoms with E-state index in [1.807, 2.05) is 0 Å². The van der Waals surface area contributed by atoms with Crippen LogP contribution < -0.4 is 10.1 Å². The molecule has 2 amide bonds. The molecule has 1 unspecified atom stereocenters. The van der Waals surface area contributed by atoms with Crippen molar-refractivity contribution in [1.82, 2.24) is 4.90 Å². The van der Waals surface area contributed by atoms with Gasteiger partial charge in [-0.1, -0.05) is 0 Å². The minimum Gasteiger partial charge on any atom is -0.494 e. The third-order valence-electron chi connectivity index (χ3n) is 3.45. The molecule has 21 heavy (non-hydrogen) atoms. The summed E-state index contributed by atoms with van der Waals surface area (Å²) in [6.45, 7) is 0.390. The largest absolute Gasteiger partial charge is 0.494 e. The Morgan fingerprint density at radius 2 is 2.19 bits per heavy atom. The molecule has 1 fully saturated rings. The molecule has 2 N–H and O–H groups in total. The van der Waals surface area contributed by atoms with Gasteiger partial charge in [0.15, 0.2) is 11.6 Å². The first-order chi connectivity index (χ1) is 10.0. The van der Waals surface area contributed by atoms with Crippen molar-refractivity contribution in [1.29, 1.82) is 0 Å². The van der Waals surface area contributed by atoms with E-state index in [1.54, 1.807) is 0 Å². The minimum atomic E-state index is -1.01. The first-order valence-electron chi connectivity index (χ1n) is 6.67. The fraction of sp³-hybridized carbons (Fsp3) is 0.429. The Bertz CT molecular complexity index is 550. The number of urea groups is 1. The van der Waals surface area contributed by atoms with Crippen molar-refractivity contribution >= 4 is 17.7 Å². The number of carboxylic acids is 1. The second kappa shape index (κ2) is 6.43. The quantitative estimate of drug-likeness (QED) is 0.897. The predicted octanol–water partition coefficient (Wildman–Crippen LogP) is 2.31. The number of aliphatic carboxylic acids is 1. The number of carbonyl (C=O) groups excluding carboxylic acids is 1. The van der Waals surface area contributed by atoms with E-state index in [9.17, 15) is 14.0 Å². The molecule has 1 atom stereocenters. The van der Waals surface area contributed by atoms with Gasteiger partial charge in [0.05, 0.1) is 7.11 Å². The van der Waals surface area contributed by atoms with Crippen LogP contribution in [0.25, 0.3) is 0 Å². The molecule has 0 aromatic heterocycles. The topological polar surface area (TPSA) is 78.9 Å². The molecular formula is C14H17FN2O4. The highest BCUT2D eigenvalue weighted by Crippen LogP contribution is 2.23. The number of carbonyl (C=O) groups is 2.